The number of H-pyrrole nitrogens is 1. The zero-order valence-electron chi connectivity index (χ0n) is 9.95. The van der Waals surface area contributed by atoms with Crippen LogP contribution in [-0.4, -0.2) is 34.4 Å². The summed E-state index contributed by atoms with van der Waals surface area (Å²) < 4.78 is 31.0. The molecular weight excluding hydrogens is 248 g/mol. The van der Waals surface area contributed by atoms with Gasteiger partial charge in [-0.25, -0.2) is 8.78 Å². The highest BCUT2D eigenvalue weighted by Gasteiger charge is 2.08. The van der Waals surface area contributed by atoms with E-state index >= 15 is 0 Å². The minimum absolute atomic E-state index is 0.224. The van der Waals surface area contributed by atoms with Crippen LogP contribution in [0.15, 0.2) is 0 Å². The highest BCUT2D eigenvalue weighted by Crippen LogP contribution is 2.05. The molecule has 0 aromatic carbocycles. The van der Waals surface area contributed by atoms with E-state index in [2.05, 4.69) is 24.0 Å². The normalized spacial score (nSPS) is 11.6. The van der Waals surface area contributed by atoms with Gasteiger partial charge >= 0.3 is 0 Å². The van der Waals surface area contributed by atoms with Gasteiger partial charge < -0.3 is 9.30 Å². The average molecular weight is 265 g/mol. The first kappa shape index (κ1) is 14.2. The molecule has 1 N–H and O–H groups in total. The van der Waals surface area contributed by atoms with Crippen molar-refractivity contribution in [2.45, 2.75) is 33.2 Å². The first-order valence-electron chi connectivity index (χ1n) is 5.50. The number of rotatable bonds is 7. The molecule has 0 atom stereocenters. The Kier molecular flexibility index (Phi) is 5.70. The molecule has 1 aromatic heterocycles. The Balaban J connectivity index is 2.50. The van der Waals surface area contributed by atoms with E-state index in [1.807, 2.05) is 4.57 Å². The van der Waals surface area contributed by atoms with E-state index in [9.17, 15) is 8.78 Å². The molecule has 0 aliphatic carbocycles. The molecule has 0 unspecified atom stereocenters. The van der Waals surface area contributed by atoms with Gasteiger partial charge in [0.1, 0.15) is 12.4 Å². The molecule has 0 saturated carbocycles. The van der Waals surface area contributed by atoms with Crippen molar-refractivity contribution in [2.24, 2.45) is 5.92 Å². The topological polar surface area (TPSA) is 42.8 Å². The molecule has 1 aromatic rings. The Bertz CT molecular complexity index is 389. The van der Waals surface area contributed by atoms with Crippen LogP contribution in [0.4, 0.5) is 8.78 Å². The standard InChI is InChI=1S/C10H17F2N3OS/c1-7(2)5-15-9(13-14-10(15)17)3-4-16-6-8(11)12/h7-8H,3-6H2,1-2H3,(H,14,17). The van der Waals surface area contributed by atoms with Crippen molar-refractivity contribution in [1.82, 2.24) is 14.8 Å². The first-order chi connectivity index (χ1) is 8.00. The largest absolute Gasteiger partial charge is 0.375 e. The van der Waals surface area contributed by atoms with Gasteiger partial charge in [0.25, 0.3) is 6.43 Å². The van der Waals surface area contributed by atoms with Crippen LogP contribution in [0, 0.1) is 10.7 Å². The fourth-order valence-corrected chi connectivity index (χ4v) is 1.66. The van der Waals surface area contributed by atoms with Gasteiger partial charge in [0.2, 0.25) is 0 Å². The van der Waals surface area contributed by atoms with Gasteiger partial charge in [-0.2, -0.15) is 5.10 Å². The van der Waals surface area contributed by atoms with Crippen molar-refractivity contribution in [3.05, 3.63) is 10.6 Å². The van der Waals surface area contributed by atoms with Crippen LogP contribution in [0.25, 0.3) is 0 Å². The molecule has 0 aliphatic rings. The van der Waals surface area contributed by atoms with Crippen LogP contribution in [0.1, 0.15) is 19.7 Å². The lowest BCUT2D eigenvalue weighted by atomic mass is 10.2. The van der Waals surface area contributed by atoms with Gasteiger partial charge in [0.05, 0.1) is 6.61 Å². The van der Waals surface area contributed by atoms with Crippen LogP contribution >= 0.6 is 12.2 Å². The second-order valence-corrected chi connectivity index (χ2v) is 4.55. The van der Waals surface area contributed by atoms with Crippen molar-refractivity contribution in [1.29, 1.82) is 0 Å². The second kappa shape index (κ2) is 6.80. The molecule has 0 amide bonds. The van der Waals surface area contributed by atoms with Crippen molar-refractivity contribution in [2.75, 3.05) is 13.2 Å². The Morgan fingerprint density at radius 1 is 1.47 bits per heavy atom. The molecule has 7 heteroatoms. The highest BCUT2D eigenvalue weighted by molar-refractivity contribution is 7.71. The minimum atomic E-state index is -2.42. The molecule has 4 nitrogen and oxygen atoms in total. The maximum absolute atomic E-state index is 11.8. The minimum Gasteiger partial charge on any atom is -0.375 e. The quantitative estimate of drug-likeness (QED) is 0.608. The SMILES string of the molecule is CC(C)Cn1c(CCOCC(F)F)n[nH]c1=S. The Labute approximate surface area is 104 Å². The summed E-state index contributed by atoms with van der Waals surface area (Å²) in [5, 5.41) is 6.77. The number of hydrogen-bond donors (Lipinski definition) is 1. The molecule has 0 fully saturated rings. The third-order valence-electron chi connectivity index (χ3n) is 2.10. The fourth-order valence-electron chi connectivity index (χ4n) is 1.43. The fraction of sp³-hybridized carbons (Fsp3) is 0.800. The number of hydrogen-bond acceptors (Lipinski definition) is 3. The lowest BCUT2D eigenvalue weighted by Crippen LogP contribution is -2.12. The molecule has 0 aliphatic heterocycles. The summed E-state index contributed by atoms with van der Waals surface area (Å²) in [6, 6.07) is 0. The maximum atomic E-state index is 11.8. The van der Waals surface area contributed by atoms with E-state index in [1.54, 1.807) is 0 Å². The van der Waals surface area contributed by atoms with E-state index < -0.39 is 13.0 Å². The summed E-state index contributed by atoms with van der Waals surface area (Å²) in [6.07, 6.45) is -1.95. The lowest BCUT2D eigenvalue weighted by molar-refractivity contribution is 0.0180. The molecule has 1 rings (SSSR count). The Hall–Kier alpha value is -0.820. The highest BCUT2D eigenvalue weighted by atomic mass is 32.1. The zero-order valence-corrected chi connectivity index (χ0v) is 10.8. The Morgan fingerprint density at radius 3 is 2.76 bits per heavy atom. The van der Waals surface area contributed by atoms with E-state index in [-0.39, 0.29) is 6.61 Å². The van der Waals surface area contributed by atoms with Crippen molar-refractivity contribution >= 4 is 12.2 Å². The van der Waals surface area contributed by atoms with Gasteiger partial charge in [-0.1, -0.05) is 13.8 Å². The number of halogens is 2. The average Bonchev–Trinajstić information content (AvgIpc) is 2.55. The zero-order chi connectivity index (χ0) is 12.8. The molecule has 0 radical (unpaired) electrons. The monoisotopic (exact) mass is 265 g/mol. The smallest absolute Gasteiger partial charge is 0.261 e. The summed E-state index contributed by atoms with van der Waals surface area (Å²) in [7, 11) is 0. The van der Waals surface area contributed by atoms with Crippen LogP contribution < -0.4 is 0 Å². The van der Waals surface area contributed by atoms with Gasteiger partial charge in [-0.3, -0.25) is 5.10 Å². The van der Waals surface area contributed by atoms with Gasteiger partial charge in [-0.15, -0.1) is 0 Å². The predicted molar refractivity (Wildman–Crippen MR) is 62.8 cm³/mol. The third-order valence-corrected chi connectivity index (χ3v) is 2.41. The lowest BCUT2D eigenvalue weighted by Gasteiger charge is -2.09. The molecular formula is C10H17F2N3OS. The summed E-state index contributed by atoms with van der Waals surface area (Å²) in [5.41, 5.74) is 0. The predicted octanol–water partition coefficient (Wildman–Crippen LogP) is 2.42. The van der Waals surface area contributed by atoms with Gasteiger partial charge in [0, 0.05) is 13.0 Å². The number of ether oxygens (including phenoxy) is 1. The summed E-state index contributed by atoms with van der Waals surface area (Å²) in [4.78, 5) is 0. The van der Waals surface area contributed by atoms with Crippen molar-refractivity contribution in [3.8, 4) is 0 Å². The third kappa shape index (κ3) is 4.91. The molecule has 0 saturated heterocycles. The Morgan fingerprint density at radius 2 is 2.18 bits per heavy atom. The molecule has 98 valence electrons. The van der Waals surface area contributed by atoms with Crippen LogP contribution in [0.5, 0.6) is 0 Å². The summed E-state index contributed by atoms with van der Waals surface area (Å²) in [6.45, 7) is 4.61. The van der Waals surface area contributed by atoms with Gasteiger partial charge in [-0.05, 0) is 18.1 Å². The van der Waals surface area contributed by atoms with Crippen molar-refractivity contribution < 1.29 is 13.5 Å². The van der Waals surface area contributed by atoms with Gasteiger partial charge in [0.15, 0.2) is 4.77 Å². The van der Waals surface area contributed by atoms with Crippen molar-refractivity contribution in [3.63, 3.8) is 0 Å². The summed E-state index contributed by atoms with van der Waals surface area (Å²) >= 11 is 5.10. The summed E-state index contributed by atoms with van der Waals surface area (Å²) in [5.74, 6) is 1.19. The van der Waals surface area contributed by atoms with Crippen LogP contribution in [0.2, 0.25) is 0 Å². The van der Waals surface area contributed by atoms with E-state index in [1.165, 1.54) is 0 Å². The number of nitrogens with zero attached hydrogens (tertiary/aromatic N) is 2. The number of aromatic amines is 1. The number of alkyl halides is 2. The molecule has 17 heavy (non-hydrogen) atoms. The van der Waals surface area contributed by atoms with E-state index in [0.717, 1.165) is 12.4 Å². The molecule has 0 spiro atoms. The number of nitrogens with one attached hydrogen (secondary N) is 1. The second-order valence-electron chi connectivity index (χ2n) is 4.17. The van der Waals surface area contributed by atoms with Crippen LogP contribution in [-0.2, 0) is 17.7 Å². The molecule has 0 bridgehead atoms. The first-order valence-corrected chi connectivity index (χ1v) is 5.91. The maximum Gasteiger partial charge on any atom is 0.261 e. The van der Waals surface area contributed by atoms with Crippen LogP contribution in [0.3, 0.4) is 0 Å². The number of aromatic nitrogens is 3. The van der Waals surface area contributed by atoms with E-state index in [4.69, 9.17) is 17.0 Å². The molecule has 1 heterocycles. The van der Waals surface area contributed by atoms with E-state index in [0.29, 0.717) is 17.1 Å².